The highest BCUT2D eigenvalue weighted by molar-refractivity contribution is 9.10. The SMILES string of the molecule is CCC(C)C(NN)c1cc(Cl)cc(Br)c1. The van der Waals surface area contributed by atoms with Crippen molar-refractivity contribution in [2.75, 3.05) is 0 Å². The summed E-state index contributed by atoms with van der Waals surface area (Å²) >= 11 is 9.43. The minimum absolute atomic E-state index is 0.144. The van der Waals surface area contributed by atoms with Gasteiger partial charge in [-0.2, -0.15) is 0 Å². The van der Waals surface area contributed by atoms with Crippen LogP contribution in [0.4, 0.5) is 0 Å². The van der Waals surface area contributed by atoms with E-state index in [1.807, 2.05) is 18.2 Å². The van der Waals surface area contributed by atoms with Crippen molar-refractivity contribution < 1.29 is 0 Å². The fourth-order valence-electron chi connectivity index (χ4n) is 1.58. The second-order valence-electron chi connectivity index (χ2n) is 3.73. The maximum Gasteiger partial charge on any atom is 0.0486 e. The van der Waals surface area contributed by atoms with Gasteiger partial charge in [0.2, 0.25) is 0 Å². The molecule has 0 saturated heterocycles. The molecule has 0 radical (unpaired) electrons. The monoisotopic (exact) mass is 290 g/mol. The van der Waals surface area contributed by atoms with E-state index in [4.69, 9.17) is 17.4 Å². The van der Waals surface area contributed by atoms with Crippen molar-refractivity contribution in [3.8, 4) is 0 Å². The normalized spacial score (nSPS) is 15.0. The van der Waals surface area contributed by atoms with E-state index >= 15 is 0 Å². The van der Waals surface area contributed by atoms with Crippen LogP contribution in [0.2, 0.25) is 5.02 Å². The van der Waals surface area contributed by atoms with Gasteiger partial charge in [0.25, 0.3) is 0 Å². The van der Waals surface area contributed by atoms with Crippen LogP contribution in [0.15, 0.2) is 22.7 Å². The molecule has 0 fully saturated rings. The Morgan fingerprint density at radius 1 is 1.47 bits per heavy atom. The molecule has 0 aliphatic heterocycles. The molecule has 0 aromatic heterocycles. The molecule has 2 atom stereocenters. The highest BCUT2D eigenvalue weighted by Crippen LogP contribution is 2.28. The van der Waals surface area contributed by atoms with Gasteiger partial charge in [0.15, 0.2) is 0 Å². The molecule has 4 heteroatoms. The van der Waals surface area contributed by atoms with Crippen LogP contribution in [0.1, 0.15) is 31.9 Å². The molecule has 2 unspecified atom stereocenters. The smallest absolute Gasteiger partial charge is 0.0486 e. The first kappa shape index (κ1) is 13.0. The lowest BCUT2D eigenvalue weighted by molar-refractivity contribution is 0.383. The lowest BCUT2D eigenvalue weighted by Gasteiger charge is -2.22. The largest absolute Gasteiger partial charge is 0.271 e. The molecule has 2 nitrogen and oxygen atoms in total. The first-order valence-corrected chi connectivity index (χ1v) is 6.17. The molecule has 1 aromatic rings. The number of nitrogens with one attached hydrogen (secondary N) is 1. The summed E-state index contributed by atoms with van der Waals surface area (Å²) < 4.78 is 0.980. The Morgan fingerprint density at radius 3 is 2.60 bits per heavy atom. The van der Waals surface area contributed by atoms with E-state index in [-0.39, 0.29) is 6.04 Å². The molecule has 0 amide bonds. The van der Waals surface area contributed by atoms with Gasteiger partial charge < -0.3 is 0 Å². The molecule has 3 N–H and O–H groups in total. The zero-order chi connectivity index (χ0) is 11.4. The third-order valence-corrected chi connectivity index (χ3v) is 3.31. The van der Waals surface area contributed by atoms with Gasteiger partial charge in [0.05, 0.1) is 0 Å². The topological polar surface area (TPSA) is 38.0 Å². The number of hydrazine groups is 1. The van der Waals surface area contributed by atoms with Gasteiger partial charge >= 0.3 is 0 Å². The number of hydrogen-bond acceptors (Lipinski definition) is 2. The van der Waals surface area contributed by atoms with Crippen LogP contribution in [0, 0.1) is 5.92 Å². The minimum atomic E-state index is 0.144. The molecule has 0 heterocycles. The average molecular weight is 292 g/mol. The van der Waals surface area contributed by atoms with Crippen LogP contribution in [0.25, 0.3) is 0 Å². The molecular formula is C11H16BrClN2. The third kappa shape index (κ3) is 3.45. The molecule has 84 valence electrons. The summed E-state index contributed by atoms with van der Waals surface area (Å²) in [5.74, 6) is 6.05. The molecular weight excluding hydrogens is 275 g/mol. The molecule has 1 aromatic carbocycles. The summed E-state index contributed by atoms with van der Waals surface area (Å²) in [5.41, 5.74) is 3.96. The Kier molecular flexibility index (Phi) is 5.06. The van der Waals surface area contributed by atoms with Crippen LogP contribution < -0.4 is 11.3 Å². The Balaban J connectivity index is 3.01. The second-order valence-corrected chi connectivity index (χ2v) is 5.08. The lowest BCUT2D eigenvalue weighted by atomic mass is 9.93. The summed E-state index contributed by atoms with van der Waals surface area (Å²) in [7, 11) is 0. The van der Waals surface area contributed by atoms with Crippen molar-refractivity contribution in [1.29, 1.82) is 0 Å². The Hall–Kier alpha value is -0.0900. The molecule has 0 aliphatic rings. The predicted molar refractivity (Wildman–Crippen MR) is 68.7 cm³/mol. The number of halogens is 2. The Labute approximate surface area is 104 Å². The summed E-state index contributed by atoms with van der Waals surface area (Å²) in [6, 6.07) is 6.01. The van der Waals surface area contributed by atoms with E-state index in [9.17, 15) is 0 Å². The van der Waals surface area contributed by atoms with Gasteiger partial charge in [-0.1, -0.05) is 47.8 Å². The van der Waals surface area contributed by atoms with Gasteiger partial charge in [0.1, 0.15) is 0 Å². The minimum Gasteiger partial charge on any atom is -0.271 e. The van der Waals surface area contributed by atoms with Crippen LogP contribution in [-0.4, -0.2) is 0 Å². The zero-order valence-corrected chi connectivity index (χ0v) is 11.3. The molecule has 1 rings (SSSR count). The summed E-state index contributed by atoms with van der Waals surface area (Å²) in [6.45, 7) is 4.31. The van der Waals surface area contributed by atoms with E-state index in [0.29, 0.717) is 5.92 Å². The van der Waals surface area contributed by atoms with Crippen molar-refractivity contribution in [3.63, 3.8) is 0 Å². The van der Waals surface area contributed by atoms with E-state index < -0.39 is 0 Å². The molecule has 0 spiro atoms. The summed E-state index contributed by atoms with van der Waals surface area (Å²) in [4.78, 5) is 0. The lowest BCUT2D eigenvalue weighted by Crippen LogP contribution is -2.32. The van der Waals surface area contributed by atoms with Gasteiger partial charge in [0, 0.05) is 15.5 Å². The summed E-state index contributed by atoms with van der Waals surface area (Å²) in [5, 5.41) is 0.725. The zero-order valence-electron chi connectivity index (χ0n) is 8.93. The maximum absolute atomic E-state index is 6.00. The number of benzene rings is 1. The van der Waals surface area contributed by atoms with Crippen LogP contribution in [0.5, 0.6) is 0 Å². The fraction of sp³-hybridized carbons (Fsp3) is 0.455. The van der Waals surface area contributed by atoms with Crippen molar-refractivity contribution >= 4 is 27.5 Å². The Morgan fingerprint density at radius 2 is 2.13 bits per heavy atom. The number of nitrogens with two attached hydrogens (primary N) is 1. The van der Waals surface area contributed by atoms with Gasteiger partial charge in [-0.15, -0.1) is 0 Å². The summed E-state index contributed by atoms with van der Waals surface area (Å²) in [6.07, 6.45) is 1.07. The van der Waals surface area contributed by atoms with E-state index in [2.05, 4.69) is 35.2 Å². The van der Waals surface area contributed by atoms with Gasteiger partial charge in [-0.05, 0) is 29.7 Å². The highest BCUT2D eigenvalue weighted by atomic mass is 79.9. The molecule has 0 aliphatic carbocycles. The average Bonchev–Trinajstić information content (AvgIpc) is 2.17. The van der Waals surface area contributed by atoms with Crippen molar-refractivity contribution in [2.24, 2.45) is 11.8 Å². The molecule has 15 heavy (non-hydrogen) atoms. The number of rotatable bonds is 4. The Bertz CT molecular complexity index is 310. The quantitative estimate of drug-likeness (QED) is 0.656. The van der Waals surface area contributed by atoms with Crippen LogP contribution >= 0.6 is 27.5 Å². The first-order chi connectivity index (χ1) is 7.08. The fourth-order valence-corrected chi connectivity index (χ4v) is 2.47. The predicted octanol–water partition coefficient (Wildman–Crippen LogP) is 3.65. The van der Waals surface area contributed by atoms with Crippen molar-refractivity contribution in [2.45, 2.75) is 26.3 Å². The molecule has 0 bridgehead atoms. The highest BCUT2D eigenvalue weighted by Gasteiger charge is 2.17. The molecule has 0 saturated carbocycles. The third-order valence-electron chi connectivity index (χ3n) is 2.64. The van der Waals surface area contributed by atoms with Crippen LogP contribution in [-0.2, 0) is 0 Å². The van der Waals surface area contributed by atoms with Crippen molar-refractivity contribution in [3.05, 3.63) is 33.3 Å². The maximum atomic E-state index is 6.00. The van der Waals surface area contributed by atoms with Crippen molar-refractivity contribution in [1.82, 2.24) is 5.43 Å². The van der Waals surface area contributed by atoms with E-state index in [1.165, 1.54) is 0 Å². The van der Waals surface area contributed by atoms with Gasteiger partial charge in [-0.25, -0.2) is 0 Å². The van der Waals surface area contributed by atoms with E-state index in [1.54, 1.807) is 0 Å². The van der Waals surface area contributed by atoms with E-state index in [0.717, 1.165) is 21.5 Å². The standard InChI is InChI=1S/C11H16BrClN2/c1-3-7(2)11(15-14)8-4-9(12)6-10(13)5-8/h4-7,11,15H,3,14H2,1-2H3. The van der Waals surface area contributed by atoms with Crippen LogP contribution in [0.3, 0.4) is 0 Å². The number of hydrogen-bond donors (Lipinski definition) is 2. The second kappa shape index (κ2) is 5.85. The first-order valence-electron chi connectivity index (χ1n) is 5.00. The van der Waals surface area contributed by atoms with Gasteiger partial charge in [-0.3, -0.25) is 11.3 Å².